The van der Waals surface area contributed by atoms with Gasteiger partial charge in [-0.15, -0.1) is 0 Å². The topological polar surface area (TPSA) is 62.3 Å². The van der Waals surface area contributed by atoms with E-state index in [1.54, 1.807) is 5.01 Å². The molecule has 0 spiro atoms. The molecule has 2 aliphatic rings. The maximum absolute atomic E-state index is 13.0. The third-order valence-electron chi connectivity index (χ3n) is 6.50. The van der Waals surface area contributed by atoms with Crippen molar-refractivity contribution in [2.24, 2.45) is 0 Å². The van der Waals surface area contributed by atoms with Crippen LogP contribution in [0.2, 0.25) is 0 Å². The van der Waals surface area contributed by atoms with E-state index in [0.29, 0.717) is 13.1 Å². The summed E-state index contributed by atoms with van der Waals surface area (Å²) in [6.07, 6.45) is 0.255. The van der Waals surface area contributed by atoms with Crippen LogP contribution in [0.3, 0.4) is 0 Å². The Morgan fingerprint density at radius 1 is 0.829 bits per heavy atom. The Morgan fingerprint density at radius 2 is 1.43 bits per heavy atom. The van der Waals surface area contributed by atoms with Gasteiger partial charge in [-0.1, -0.05) is 48.0 Å². The molecular formula is C28H29N3O4. The van der Waals surface area contributed by atoms with Crippen molar-refractivity contribution in [3.8, 4) is 11.5 Å². The summed E-state index contributed by atoms with van der Waals surface area (Å²) >= 11 is 0. The molecule has 3 aromatic carbocycles. The quantitative estimate of drug-likeness (QED) is 0.515. The summed E-state index contributed by atoms with van der Waals surface area (Å²) in [6, 6.07) is 25.2. The number of hydrogen-bond acceptors (Lipinski definition) is 5. The summed E-state index contributed by atoms with van der Waals surface area (Å²) in [5.74, 6) is 1.40. The molecule has 2 amide bonds. The molecule has 0 N–H and O–H groups in total. The molecule has 0 radical (unpaired) electrons. The van der Waals surface area contributed by atoms with Gasteiger partial charge in [0.25, 0.3) is 0 Å². The highest BCUT2D eigenvalue weighted by Crippen LogP contribution is 2.34. The molecule has 2 aliphatic heterocycles. The average Bonchev–Trinajstić information content (AvgIpc) is 3.14. The Hall–Kier alpha value is -4.00. The van der Waals surface area contributed by atoms with Gasteiger partial charge in [0, 0.05) is 25.7 Å². The second kappa shape index (κ2) is 9.70. The SMILES string of the molecule is CC(=O)N1C2CC(CN(c3ccc(Oc4ccc(C)cc4)cc3)C2)N1C(=O)OCc1ccccc1. The van der Waals surface area contributed by atoms with Crippen LogP contribution in [-0.4, -0.2) is 47.2 Å². The van der Waals surface area contributed by atoms with Crippen LogP contribution in [0, 0.1) is 6.92 Å². The molecule has 2 atom stereocenters. The third-order valence-corrected chi connectivity index (χ3v) is 6.50. The Morgan fingerprint density at radius 3 is 2.06 bits per heavy atom. The van der Waals surface area contributed by atoms with Gasteiger partial charge in [-0.3, -0.25) is 4.79 Å². The largest absolute Gasteiger partial charge is 0.457 e. The molecule has 0 aromatic heterocycles. The first-order valence-electron chi connectivity index (χ1n) is 11.9. The third kappa shape index (κ3) is 4.94. The van der Waals surface area contributed by atoms with E-state index >= 15 is 0 Å². The number of anilines is 1. The zero-order valence-electron chi connectivity index (χ0n) is 20.0. The van der Waals surface area contributed by atoms with Crippen LogP contribution in [0.1, 0.15) is 24.5 Å². The van der Waals surface area contributed by atoms with Crippen molar-refractivity contribution in [1.82, 2.24) is 10.0 Å². The number of aryl methyl sites for hydroxylation is 1. The lowest BCUT2D eigenvalue weighted by atomic mass is 10.0. The van der Waals surface area contributed by atoms with E-state index in [1.807, 2.05) is 85.8 Å². The lowest BCUT2D eigenvalue weighted by Crippen LogP contribution is -2.49. The van der Waals surface area contributed by atoms with Gasteiger partial charge in [-0.05, 0) is 55.3 Å². The van der Waals surface area contributed by atoms with Gasteiger partial charge < -0.3 is 14.4 Å². The Labute approximate surface area is 205 Å². The van der Waals surface area contributed by atoms with Crippen LogP contribution in [0.4, 0.5) is 10.5 Å². The van der Waals surface area contributed by atoms with Crippen molar-refractivity contribution in [3.05, 3.63) is 90.0 Å². The van der Waals surface area contributed by atoms with Gasteiger partial charge in [0.2, 0.25) is 5.91 Å². The number of carbonyl (C=O) groups excluding carboxylic acids is 2. The number of amides is 2. The smallest absolute Gasteiger partial charge is 0.429 e. The van der Waals surface area contributed by atoms with Gasteiger partial charge in [0.15, 0.2) is 0 Å². The van der Waals surface area contributed by atoms with Crippen LogP contribution in [0.5, 0.6) is 11.5 Å². The molecule has 0 aliphatic carbocycles. The molecule has 180 valence electrons. The molecule has 7 nitrogen and oxygen atoms in total. The number of hydrogen-bond donors (Lipinski definition) is 0. The molecule has 35 heavy (non-hydrogen) atoms. The Bertz CT molecular complexity index is 1180. The number of benzene rings is 3. The van der Waals surface area contributed by atoms with Crippen LogP contribution in [-0.2, 0) is 16.1 Å². The summed E-state index contributed by atoms with van der Waals surface area (Å²) < 4.78 is 11.5. The summed E-state index contributed by atoms with van der Waals surface area (Å²) in [5, 5.41) is 3.09. The molecule has 2 fully saturated rings. The number of hydrazine groups is 1. The highest BCUT2D eigenvalue weighted by molar-refractivity contribution is 5.79. The minimum Gasteiger partial charge on any atom is -0.457 e. The van der Waals surface area contributed by atoms with E-state index in [0.717, 1.165) is 29.2 Å². The van der Waals surface area contributed by atoms with Gasteiger partial charge in [0.1, 0.15) is 18.1 Å². The van der Waals surface area contributed by atoms with Crippen LogP contribution in [0.15, 0.2) is 78.9 Å². The molecule has 2 bridgehead atoms. The Balaban J connectivity index is 1.27. The van der Waals surface area contributed by atoms with Crippen molar-refractivity contribution < 1.29 is 19.1 Å². The van der Waals surface area contributed by atoms with E-state index in [4.69, 9.17) is 9.47 Å². The maximum atomic E-state index is 13.0. The van der Waals surface area contributed by atoms with Crippen LogP contribution in [0.25, 0.3) is 0 Å². The van der Waals surface area contributed by atoms with Gasteiger partial charge >= 0.3 is 6.09 Å². The number of fused-ring (bicyclic) bond motifs is 2. The van der Waals surface area contributed by atoms with Crippen molar-refractivity contribution in [2.75, 3.05) is 18.0 Å². The van der Waals surface area contributed by atoms with E-state index in [2.05, 4.69) is 4.90 Å². The normalized spacial score (nSPS) is 19.0. The van der Waals surface area contributed by atoms with Crippen molar-refractivity contribution in [1.29, 1.82) is 0 Å². The fraction of sp³-hybridized carbons (Fsp3) is 0.286. The molecule has 2 heterocycles. The first-order chi connectivity index (χ1) is 17.0. The fourth-order valence-electron chi connectivity index (χ4n) is 4.86. The predicted molar refractivity (Wildman–Crippen MR) is 133 cm³/mol. The molecule has 3 aromatic rings. The predicted octanol–water partition coefficient (Wildman–Crippen LogP) is 5.15. The van der Waals surface area contributed by atoms with E-state index in [1.165, 1.54) is 17.5 Å². The number of piperidine rings is 1. The summed E-state index contributed by atoms with van der Waals surface area (Å²) in [4.78, 5) is 27.8. The zero-order chi connectivity index (χ0) is 24.4. The zero-order valence-corrected chi connectivity index (χ0v) is 20.0. The van der Waals surface area contributed by atoms with Gasteiger partial charge in [-0.25, -0.2) is 14.8 Å². The second-order valence-corrected chi connectivity index (χ2v) is 9.11. The van der Waals surface area contributed by atoms with Gasteiger partial charge in [0.05, 0.1) is 12.1 Å². The molecular weight excluding hydrogens is 442 g/mol. The lowest BCUT2D eigenvalue weighted by Gasteiger charge is -2.32. The number of ether oxygens (including phenoxy) is 2. The molecule has 5 rings (SSSR count). The average molecular weight is 472 g/mol. The van der Waals surface area contributed by atoms with Gasteiger partial charge in [-0.2, -0.15) is 0 Å². The first-order valence-corrected chi connectivity index (χ1v) is 11.9. The number of rotatable bonds is 5. The number of nitrogens with zero attached hydrogens (tertiary/aromatic N) is 3. The highest BCUT2D eigenvalue weighted by Gasteiger charge is 2.49. The fourth-order valence-corrected chi connectivity index (χ4v) is 4.86. The summed E-state index contributed by atoms with van der Waals surface area (Å²) in [7, 11) is 0. The maximum Gasteiger partial charge on any atom is 0.429 e. The van der Waals surface area contributed by atoms with E-state index in [-0.39, 0.29) is 24.6 Å². The van der Waals surface area contributed by atoms with E-state index < -0.39 is 6.09 Å². The van der Waals surface area contributed by atoms with Crippen molar-refractivity contribution >= 4 is 17.7 Å². The van der Waals surface area contributed by atoms with Crippen LogP contribution < -0.4 is 9.64 Å². The second-order valence-electron chi connectivity index (χ2n) is 9.11. The molecule has 2 saturated heterocycles. The summed E-state index contributed by atoms with van der Waals surface area (Å²) in [5.41, 5.74) is 3.12. The highest BCUT2D eigenvalue weighted by atomic mass is 16.6. The first kappa shape index (κ1) is 22.8. The molecule has 2 unspecified atom stereocenters. The minimum absolute atomic E-state index is 0.0842. The van der Waals surface area contributed by atoms with E-state index in [9.17, 15) is 9.59 Å². The lowest BCUT2D eigenvalue weighted by molar-refractivity contribution is -0.143. The summed E-state index contributed by atoms with van der Waals surface area (Å²) in [6.45, 7) is 4.99. The minimum atomic E-state index is -0.486. The van der Waals surface area contributed by atoms with Crippen molar-refractivity contribution in [2.45, 2.75) is 39.0 Å². The number of carbonyl (C=O) groups is 2. The standard InChI is InChI=1S/C28H29N3O4/c1-20-8-12-26(13-9-20)35-27-14-10-23(11-15-27)29-17-24-16-25(18-29)31(30(24)21(2)32)28(33)34-19-22-6-4-3-5-7-22/h3-15,24-25H,16-19H2,1-2H3. The van der Waals surface area contributed by atoms with Crippen molar-refractivity contribution in [3.63, 3.8) is 0 Å². The molecule has 0 saturated carbocycles. The van der Waals surface area contributed by atoms with Crippen LogP contribution >= 0.6 is 0 Å². The monoisotopic (exact) mass is 471 g/mol. The molecule has 7 heteroatoms. The Kier molecular flexibility index (Phi) is 6.31.